The molecule has 0 spiro atoms. The van der Waals surface area contributed by atoms with Crippen molar-refractivity contribution in [3.63, 3.8) is 0 Å². The van der Waals surface area contributed by atoms with Gasteiger partial charge in [-0.3, -0.25) is 4.79 Å². The topological polar surface area (TPSA) is 81.9 Å². The molecule has 3 heterocycles. The Bertz CT molecular complexity index is 1270. The van der Waals surface area contributed by atoms with Crippen molar-refractivity contribution < 1.29 is 19.1 Å². The molecule has 7 nitrogen and oxygen atoms in total. The minimum Gasteiger partial charge on any atom is -0.462 e. The second-order valence-corrected chi connectivity index (χ2v) is 7.12. The van der Waals surface area contributed by atoms with Crippen molar-refractivity contribution in [2.75, 3.05) is 11.9 Å². The number of anilines is 1. The summed E-state index contributed by atoms with van der Waals surface area (Å²) in [7, 11) is 0. The van der Waals surface area contributed by atoms with Crippen LogP contribution in [0.3, 0.4) is 0 Å². The minimum absolute atomic E-state index is 0.190. The average Bonchev–Trinajstić information content (AvgIpc) is 3.21. The Morgan fingerprint density at radius 1 is 1.06 bits per heavy atom. The number of hydrogen-bond acceptors (Lipinski definition) is 5. The van der Waals surface area contributed by atoms with E-state index in [1.165, 1.54) is 6.20 Å². The summed E-state index contributed by atoms with van der Waals surface area (Å²) in [4.78, 5) is 25.6. The van der Waals surface area contributed by atoms with E-state index in [1.807, 2.05) is 48.5 Å². The second-order valence-electron chi connectivity index (χ2n) is 7.12. The van der Waals surface area contributed by atoms with E-state index in [9.17, 15) is 9.59 Å². The summed E-state index contributed by atoms with van der Waals surface area (Å²) < 4.78 is 12.6. The summed E-state index contributed by atoms with van der Waals surface area (Å²) in [6.45, 7) is 2.02. The third-order valence-corrected chi connectivity index (χ3v) is 5.23. The minimum atomic E-state index is -0.521. The number of aromatic nitrogens is 2. The molecular formula is C24H19N3O4. The van der Waals surface area contributed by atoms with E-state index < -0.39 is 11.9 Å². The van der Waals surface area contributed by atoms with Gasteiger partial charge < -0.3 is 14.8 Å². The van der Waals surface area contributed by atoms with Crippen LogP contribution in [0.1, 0.15) is 34.3 Å². The number of ether oxygens (including phenoxy) is 2. The zero-order valence-electron chi connectivity index (χ0n) is 16.7. The molecule has 0 saturated heterocycles. The van der Waals surface area contributed by atoms with Crippen LogP contribution in [0.4, 0.5) is 5.69 Å². The molecule has 1 aliphatic rings. The molecule has 0 fully saturated rings. The fraction of sp³-hybridized carbons (Fsp3) is 0.125. The molecule has 0 bridgehead atoms. The van der Waals surface area contributed by atoms with Crippen molar-refractivity contribution in [3.05, 3.63) is 89.7 Å². The highest BCUT2D eigenvalue weighted by atomic mass is 16.5. The Morgan fingerprint density at radius 2 is 1.74 bits per heavy atom. The van der Waals surface area contributed by atoms with Crippen LogP contribution >= 0.6 is 0 Å². The molecular weight excluding hydrogens is 394 g/mol. The van der Waals surface area contributed by atoms with Crippen molar-refractivity contribution in [1.82, 2.24) is 9.61 Å². The Kier molecular flexibility index (Phi) is 4.63. The molecule has 31 heavy (non-hydrogen) atoms. The first kappa shape index (κ1) is 18.9. The molecule has 2 aromatic heterocycles. The van der Waals surface area contributed by atoms with E-state index in [0.29, 0.717) is 28.3 Å². The monoisotopic (exact) mass is 413 g/mol. The van der Waals surface area contributed by atoms with Gasteiger partial charge in [0.15, 0.2) is 0 Å². The summed E-state index contributed by atoms with van der Waals surface area (Å²) in [5, 5.41) is 7.16. The molecule has 2 aromatic carbocycles. The fourth-order valence-corrected chi connectivity index (χ4v) is 3.83. The molecule has 0 aliphatic carbocycles. The lowest BCUT2D eigenvalue weighted by Crippen LogP contribution is -2.25. The van der Waals surface area contributed by atoms with Crippen molar-refractivity contribution in [2.45, 2.75) is 12.8 Å². The first-order valence-corrected chi connectivity index (χ1v) is 9.97. The first-order valence-electron chi connectivity index (χ1n) is 9.97. The van der Waals surface area contributed by atoms with E-state index >= 15 is 0 Å². The number of hydrogen-bond donors (Lipinski definition) is 1. The van der Waals surface area contributed by atoms with Crippen LogP contribution in [-0.2, 0) is 9.53 Å². The van der Waals surface area contributed by atoms with Crippen LogP contribution in [0, 0.1) is 0 Å². The summed E-state index contributed by atoms with van der Waals surface area (Å²) in [5.41, 5.74) is 3.07. The molecule has 5 rings (SSSR count). The van der Waals surface area contributed by atoms with E-state index in [0.717, 1.165) is 11.1 Å². The maximum absolute atomic E-state index is 13.4. The number of nitrogens with one attached hydrogen (secondary N) is 1. The summed E-state index contributed by atoms with van der Waals surface area (Å²) in [6.07, 6.45) is 3.16. The number of para-hydroxylation sites is 2. The molecule has 1 amide bonds. The van der Waals surface area contributed by atoms with Gasteiger partial charge in [-0.1, -0.05) is 36.4 Å². The maximum Gasteiger partial charge on any atom is 0.341 e. The Hall–Kier alpha value is -4.13. The molecule has 4 aromatic rings. The number of nitrogens with zero attached hydrogens (tertiary/aromatic N) is 2. The molecule has 0 saturated carbocycles. The maximum atomic E-state index is 13.4. The van der Waals surface area contributed by atoms with Gasteiger partial charge in [0, 0.05) is 23.0 Å². The number of fused-ring (bicyclic) bond motifs is 3. The number of benzene rings is 2. The second kappa shape index (κ2) is 7.60. The predicted molar refractivity (Wildman–Crippen MR) is 115 cm³/mol. The number of pyridine rings is 1. The van der Waals surface area contributed by atoms with Crippen LogP contribution in [0.2, 0.25) is 0 Å². The van der Waals surface area contributed by atoms with Gasteiger partial charge in [0.25, 0.3) is 0 Å². The number of rotatable bonds is 4. The third kappa shape index (κ3) is 3.30. The highest BCUT2D eigenvalue weighted by molar-refractivity contribution is 6.01. The van der Waals surface area contributed by atoms with Gasteiger partial charge in [0.2, 0.25) is 5.91 Å². The Morgan fingerprint density at radius 3 is 2.42 bits per heavy atom. The lowest BCUT2D eigenvalue weighted by molar-refractivity contribution is -0.116. The van der Waals surface area contributed by atoms with E-state index in [2.05, 4.69) is 10.4 Å². The highest BCUT2D eigenvalue weighted by Crippen LogP contribution is 2.44. The van der Waals surface area contributed by atoms with E-state index in [4.69, 9.17) is 9.47 Å². The average molecular weight is 413 g/mol. The summed E-state index contributed by atoms with van der Waals surface area (Å²) in [5.74, 6) is 0.166. The fourth-order valence-electron chi connectivity index (χ4n) is 3.83. The van der Waals surface area contributed by atoms with E-state index in [-0.39, 0.29) is 12.5 Å². The lowest BCUT2D eigenvalue weighted by atomic mass is 9.87. The van der Waals surface area contributed by atoms with Crippen molar-refractivity contribution in [2.24, 2.45) is 0 Å². The predicted octanol–water partition coefficient (Wildman–Crippen LogP) is 4.39. The Balaban J connectivity index is 1.50. The SMILES string of the molecule is CCOC(=O)c1cnn2ccc(NC(=O)C3c4ccccc4Oc4ccccc43)cc12. The molecule has 1 N–H and O–H groups in total. The van der Waals surface area contributed by atoms with Gasteiger partial charge in [0.05, 0.1) is 24.2 Å². The quantitative estimate of drug-likeness (QED) is 0.502. The smallest absolute Gasteiger partial charge is 0.341 e. The van der Waals surface area contributed by atoms with Crippen LogP contribution in [0.5, 0.6) is 11.5 Å². The molecule has 0 atom stereocenters. The van der Waals surface area contributed by atoms with Gasteiger partial charge in [-0.2, -0.15) is 5.10 Å². The standard InChI is InChI=1S/C24H19N3O4/c1-2-30-24(29)18-14-25-27-12-11-15(13-19(18)27)26-23(28)22-16-7-3-5-9-20(16)31-21-10-6-4-8-17(21)22/h3-14,22H,2H2,1H3,(H,26,28). The Labute approximate surface area is 178 Å². The van der Waals surface area contributed by atoms with Crippen LogP contribution in [-0.4, -0.2) is 28.1 Å². The zero-order valence-corrected chi connectivity index (χ0v) is 16.7. The lowest BCUT2D eigenvalue weighted by Gasteiger charge is -2.27. The third-order valence-electron chi connectivity index (χ3n) is 5.23. The largest absolute Gasteiger partial charge is 0.462 e. The van der Waals surface area contributed by atoms with Gasteiger partial charge in [-0.25, -0.2) is 9.31 Å². The number of carbonyl (C=O) groups is 2. The van der Waals surface area contributed by atoms with Crippen LogP contribution < -0.4 is 10.1 Å². The van der Waals surface area contributed by atoms with Crippen molar-refractivity contribution in [1.29, 1.82) is 0 Å². The first-order chi connectivity index (χ1) is 15.2. The van der Waals surface area contributed by atoms with E-state index in [1.54, 1.807) is 29.8 Å². The van der Waals surface area contributed by atoms with Gasteiger partial charge >= 0.3 is 5.97 Å². The molecule has 0 unspecified atom stereocenters. The van der Waals surface area contributed by atoms with Crippen molar-refractivity contribution >= 4 is 23.1 Å². The van der Waals surface area contributed by atoms with Gasteiger partial charge in [0.1, 0.15) is 17.1 Å². The van der Waals surface area contributed by atoms with Crippen molar-refractivity contribution in [3.8, 4) is 11.5 Å². The molecule has 7 heteroatoms. The van der Waals surface area contributed by atoms with Crippen LogP contribution in [0.25, 0.3) is 5.52 Å². The molecule has 154 valence electrons. The normalized spacial score (nSPS) is 12.5. The van der Waals surface area contributed by atoms with Gasteiger partial charge in [-0.15, -0.1) is 0 Å². The summed E-state index contributed by atoms with van der Waals surface area (Å²) >= 11 is 0. The molecule has 0 radical (unpaired) electrons. The molecule has 1 aliphatic heterocycles. The number of esters is 1. The summed E-state index contributed by atoms with van der Waals surface area (Å²) in [6, 6.07) is 18.5. The number of carbonyl (C=O) groups excluding carboxylic acids is 2. The highest BCUT2D eigenvalue weighted by Gasteiger charge is 2.32. The van der Waals surface area contributed by atoms with Gasteiger partial charge in [-0.05, 0) is 31.2 Å². The van der Waals surface area contributed by atoms with Crippen LogP contribution in [0.15, 0.2) is 73.1 Å². The zero-order chi connectivity index (χ0) is 21.4. The number of amides is 1.